The lowest BCUT2D eigenvalue weighted by molar-refractivity contribution is 0.169. The highest BCUT2D eigenvalue weighted by Gasteiger charge is 2.21. The predicted molar refractivity (Wildman–Crippen MR) is 68.6 cm³/mol. The van der Waals surface area contributed by atoms with Crippen molar-refractivity contribution >= 4 is 0 Å². The molecule has 0 aliphatic carbocycles. The molecule has 96 valence electrons. The smallest absolute Gasteiger partial charge is 0.140 e. The van der Waals surface area contributed by atoms with E-state index in [1.807, 2.05) is 6.07 Å². The van der Waals surface area contributed by atoms with E-state index in [0.717, 1.165) is 38.2 Å². The number of rotatable bonds is 3. The third-order valence-electron chi connectivity index (χ3n) is 3.47. The lowest BCUT2D eigenvalue weighted by Gasteiger charge is -2.34. The minimum absolute atomic E-state index is 0.140. The van der Waals surface area contributed by atoms with Gasteiger partial charge in [0, 0.05) is 32.2 Å². The van der Waals surface area contributed by atoms with Crippen LogP contribution in [0, 0.1) is 17.1 Å². The van der Waals surface area contributed by atoms with E-state index in [0.29, 0.717) is 0 Å². The van der Waals surface area contributed by atoms with Gasteiger partial charge in [0.1, 0.15) is 11.9 Å². The summed E-state index contributed by atoms with van der Waals surface area (Å²) in [6.07, 6.45) is 0.969. The third-order valence-corrected chi connectivity index (χ3v) is 3.47. The first-order valence-corrected chi connectivity index (χ1v) is 6.40. The number of piperazine rings is 1. The molecule has 1 saturated heterocycles. The number of hydrogen-bond donors (Lipinski definition) is 1. The van der Waals surface area contributed by atoms with Crippen molar-refractivity contribution in [3.8, 4) is 6.07 Å². The Bertz CT molecular complexity index is 447. The Kier molecular flexibility index (Phi) is 4.29. The maximum atomic E-state index is 13.3. The number of benzene rings is 1. The Morgan fingerprint density at radius 3 is 2.78 bits per heavy atom. The lowest BCUT2D eigenvalue weighted by Crippen LogP contribution is -2.45. The fourth-order valence-electron chi connectivity index (χ4n) is 2.53. The standard InChI is InChI=1S/C14H18FN3/c1-2-14(18-7-5-17-6-8-18)11-3-4-13(15)12(9-11)10-16/h3-4,9,14,17H,2,5-8H2,1H3/t14-/m0/s1. The third kappa shape index (κ3) is 2.69. The Morgan fingerprint density at radius 2 is 2.17 bits per heavy atom. The Labute approximate surface area is 107 Å². The van der Waals surface area contributed by atoms with Crippen molar-refractivity contribution in [3.05, 3.63) is 35.1 Å². The molecule has 1 aromatic carbocycles. The van der Waals surface area contributed by atoms with Gasteiger partial charge in [-0.15, -0.1) is 0 Å². The summed E-state index contributed by atoms with van der Waals surface area (Å²) in [5.41, 5.74) is 1.18. The van der Waals surface area contributed by atoms with Gasteiger partial charge in [-0.25, -0.2) is 4.39 Å². The van der Waals surface area contributed by atoms with Gasteiger partial charge in [0.15, 0.2) is 0 Å². The molecule has 1 fully saturated rings. The van der Waals surface area contributed by atoms with E-state index in [1.54, 1.807) is 12.1 Å². The van der Waals surface area contributed by atoms with Gasteiger partial charge < -0.3 is 5.32 Å². The van der Waals surface area contributed by atoms with E-state index < -0.39 is 5.82 Å². The minimum atomic E-state index is -0.434. The summed E-state index contributed by atoms with van der Waals surface area (Å²) < 4.78 is 13.3. The van der Waals surface area contributed by atoms with Gasteiger partial charge in [-0.05, 0) is 24.1 Å². The zero-order chi connectivity index (χ0) is 13.0. The van der Waals surface area contributed by atoms with Gasteiger partial charge in [0.05, 0.1) is 5.56 Å². The van der Waals surface area contributed by atoms with Crippen molar-refractivity contribution in [1.82, 2.24) is 10.2 Å². The van der Waals surface area contributed by atoms with Crippen LogP contribution in [0.1, 0.15) is 30.5 Å². The van der Waals surface area contributed by atoms with Crippen LogP contribution in [0.5, 0.6) is 0 Å². The highest BCUT2D eigenvalue weighted by Crippen LogP contribution is 2.25. The molecule has 2 rings (SSSR count). The van der Waals surface area contributed by atoms with Crippen LogP contribution in [-0.4, -0.2) is 31.1 Å². The normalized spacial score (nSPS) is 18.3. The summed E-state index contributed by atoms with van der Waals surface area (Å²) >= 11 is 0. The summed E-state index contributed by atoms with van der Waals surface area (Å²) in [6.45, 7) is 6.10. The number of nitrogens with one attached hydrogen (secondary N) is 1. The van der Waals surface area contributed by atoms with Crippen LogP contribution in [-0.2, 0) is 0 Å². The molecule has 1 aromatic rings. The minimum Gasteiger partial charge on any atom is -0.314 e. The van der Waals surface area contributed by atoms with E-state index in [9.17, 15) is 4.39 Å². The molecule has 1 N–H and O–H groups in total. The van der Waals surface area contributed by atoms with E-state index in [4.69, 9.17) is 5.26 Å². The molecule has 0 unspecified atom stereocenters. The fraction of sp³-hybridized carbons (Fsp3) is 0.500. The molecule has 0 spiro atoms. The first-order chi connectivity index (χ1) is 8.76. The first kappa shape index (κ1) is 13.0. The topological polar surface area (TPSA) is 39.1 Å². The molecule has 0 aromatic heterocycles. The zero-order valence-corrected chi connectivity index (χ0v) is 10.6. The van der Waals surface area contributed by atoms with Gasteiger partial charge in [0.2, 0.25) is 0 Å². The number of nitriles is 1. The number of hydrogen-bond acceptors (Lipinski definition) is 3. The second-order valence-corrected chi connectivity index (χ2v) is 4.56. The van der Waals surface area contributed by atoms with E-state index >= 15 is 0 Å². The van der Waals surface area contributed by atoms with E-state index in [-0.39, 0.29) is 11.6 Å². The molecule has 0 bridgehead atoms. The van der Waals surface area contributed by atoms with Gasteiger partial charge in [-0.2, -0.15) is 5.26 Å². The highest BCUT2D eigenvalue weighted by atomic mass is 19.1. The zero-order valence-electron chi connectivity index (χ0n) is 10.6. The summed E-state index contributed by atoms with van der Waals surface area (Å²) in [4.78, 5) is 2.39. The molecule has 0 radical (unpaired) electrons. The highest BCUT2D eigenvalue weighted by molar-refractivity contribution is 5.35. The van der Waals surface area contributed by atoms with E-state index in [1.165, 1.54) is 6.07 Å². The van der Waals surface area contributed by atoms with Crippen LogP contribution in [0.4, 0.5) is 4.39 Å². The van der Waals surface area contributed by atoms with E-state index in [2.05, 4.69) is 17.1 Å². The summed E-state index contributed by atoms with van der Waals surface area (Å²) in [5.74, 6) is -0.434. The maximum absolute atomic E-state index is 13.3. The largest absolute Gasteiger partial charge is 0.314 e. The van der Waals surface area contributed by atoms with Crippen molar-refractivity contribution in [2.24, 2.45) is 0 Å². The summed E-state index contributed by atoms with van der Waals surface area (Å²) in [7, 11) is 0. The number of halogens is 1. The summed E-state index contributed by atoms with van der Waals surface area (Å²) in [5, 5.41) is 12.2. The molecule has 4 heteroatoms. The van der Waals surface area contributed by atoms with Gasteiger partial charge in [0.25, 0.3) is 0 Å². The summed E-state index contributed by atoms with van der Waals surface area (Å²) in [6, 6.07) is 7.07. The Morgan fingerprint density at radius 1 is 1.44 bits per heavy atom. The molecule has 3 nitrogen and oxygen atoms in total. The van der Waals surface area contributed by atoms with Crippen LogP contribution < -0.4 is 5.32 Å². The van der Waals surface area contributed by atoms with Gasteiger partial charge >= 0.3 is 0 Å². The first-order valence-electron chi connectivity index (χ1n) is 6.40. The van der Waals surface area contributed by atoms with Crippen molar-refractivity contribution in [1.29, 1.82) is 5.26 Å². The molecule has 1 heterocycles. The van der Waals surface area contributed by atoms with Crippen LogP contribution >= 0.6 is 0 Å². The lowest BCUT2D eigenvalue weighted by atomic mass is 10.00. The average molecular weight is 247 g/mol. The molecule has 1 atom stereocenters. The van der Waals surface area contributed by atoms with Crippen LogP contribution in [0.25, 0.3) is 0 Å². The maximum Gasteiger partial charge on any atom is 0.140 e. The fourth-order valence-corrected chi connectivity index (χ4v) is 2.53. The molecule has 18 heavy (non-hydrogen) atoms. The Balaban J connectivity index is 2.24. The van der Waals surface area contributed by atoms with Crippen molar-refractivity contribution in [3.63, 3.8) is 0 Å². The Hall–Kier alpha value is -1.44. The second-order valence-electron chi connectivity index (χ2n) is 4.56. The SMILES string of the molecule is CC[C@@H](c1ccc(F)c(C#N)c1)N1CCNCC1. The van der Waals surface area contributed by atoms with Crippen LogP contribution in [0.15, 0.2) is 18.2 Å². The van der Waals surface area contributed by atoms with Crippen molar-refractivity contribution in [2.75, 3.05) is 26.2 Å². The molecule has 0 amide bonds. The second kappa shape index (κ2) is 5.94. The van der Waals surface area contributed by atoms with Crippen molar-refractivity contribution in [2.45, 2.75) is 19.4 Å². The predicted octanol–water partition coefficient (Wildman–Crippen LogP) is 2.05. The molecule has 1 aliphatic heterocycles. The van der Waals surface area contributed by atoms with Crippen molar-refractivity contribution < 1.29 is 4.39 Å². The van der Waals surface area contributed by atoms with Gasteiger partial charge in [-0.3, -0.25) is 4.90 Å². The monoisotopic (exact) mass is 247 g/mol. The van der Waals surface area contributed by atoms with Crippen LogP contribution in [0.3, 0.4) is 0 Å². The molecular weight excluding hydrogens is 229 g/mol. The van der Waals surface area contributed by atoms with Crippen LogP contribution in [0.2, 0.25) is 0 Å². The quantitative estimate of drug-likeness (QED) is 0.888. The average Bonchev–Trinajstić information content (AvgIpc) is 2.42. The molecular formula is C14H18FN3. The molecule has 1 aliphatic rings. The number of nitrogens with zero attached hydrogens (tertiary/aromatic N) is 2. The van der Waals surface area contributed by atoms with Gasteiger partial charge in [-0.1, -0.05) is 13.0 Å². The molecule has 0 saturated carbocycles.